The van der Waals surface area contributed by atoms with E-state index in [1.165, 1.54) is 6.07 Å². The third-order valence-corrected chi connectivity index (χ3v) is 2.33. The predicted octanol–water partition coefficient (Wildman–Crippen LogP) is 2.99. The van der Waals surface area contributed by atoms with E-state index in [-0.39, 0.29) is 16.9 Å². The lowest BCUT2D eigenvalue weighted by atomic mass is 10.2. The first-order valence-corrected chi connectivity index (χ1v) is 5.73. The molecule has 0 aliphatic rings. The molecule has 90 valence electrons. The highest BCUT2D eigenvalue weighted by molar-refractivity contribution is 6.30. The molecule has 0 saturated heterocycles. The highest BCUT2D eigenvalue weighted by atomic mass is 35.5. The summed E-state index contributed by atoms with van der Waals surface area (Å²) in [6, 6.07) is 4.73. The molecule has 0 unspecified atom stereocenters. The summed E-state index contributed by atoms with van der Waals surface area (Å²) in [7, 11) is 0. The van der Waals surface area contributed by atoms with E-state index in [1.54, 1.807) is 12.1 Å². The molecule has 0 saturated carbocycles. The van der Waals surface area contributed by atoms with E-state index in [2.05, 4.69) is 5.32 Å². The van der Waals surface area contributed by atoms with E-state index < -0.39 is 0 Å². The van der Waals surface area contributed by atoms with Crippen LogP contribution < -0.4 is 5.32 Å². The van der Waals surface area contributed by atoms with Crippen molar-refractivity contribution < 1.29 is 9.13 Å². The quantitative estimate of drug-likeness (QED) is 0.778. The van der Waals surface area contributed by atoms with Crippen LogP contribution in [0.25, 0.3) is 0 Å². The second kappa shape index (κ2) is 6.84. The Bertz CT molecular complexity index is 331. The minimum Gasteiger partial charge on any atom is -0.377 e. The summed E-state index contributed by atoms with van der Waals surface area (Å²) >= 11 is 5.67. The molecule has 1 rings (SSSR count). The molecule has 1 aromatic rings. The van der Waals surface area contributed by atoms with E-state index in [1.807, 2.05) is 13.8 Å². The number of rotatable bonds is 6. The zero-order valence-corrected chi connectivity index (χ0v) is 10.4. The Morgan fingerprint density at radius 2 is 2.19 bits per heavy atom. The monoisotopic (exact) mass is 245 g/mol. The minimum atomic E-state index is -0.381. The first-order valence-electron chi connectivity index (χ1n) is 5.36. The van der Waals surface area contributed by atoms with Crippen molar-refractivity contribution in [3.8, 4) is 0 Å². The second-order valence-corrected chi connectivity index (χ2v) is 4.25. The Morgan fingerprint density at radius 1 is 1.44 bits per heavy atom. The van der Waals surface area contributed by atoms with Gasteiger partial charge in [0.15, 0.2) is 0 Å². The fourth-order valence-corrected chi connectivity index (χ4v) is 1.45. The van der Waals surface area contributed by atoms with Crippen LogP contribution >= 0.6 is 11.6 Å². The highest BCUT2D eigenvalue weighted by Gasteiger charge is 2.00. The molecule has 0 fully saturated rings. The summed E-state index contributed by atoms with van der Waals surface area (Å²) in [5, 5.41) is 3.36. The maximum absolute atomic E-state index is 12.9. The molecule has 0 amide bonds. The van der Waals surface area contributed by atoms with Gasteiger partial charge in [0.05, 0.1) is 17.7 Å². The van der Waals surface area contributed by atoms with Gasteiger partial charge in [0.2, 0.25) is 0 Å². The summed E-state index contributed by atoms with van der Waals surface area (Å²) in [4.78, 5) is 0. The van der Waals surface area contributed by atoms with E-state index in [0.29, 0.717) is 13.2 Å². The normalized spacial score (nSPS) is 11.1. The smallest absolute Gasteiger partial charge is 0.141 e. The molecular formula is C12H17ClFNO. The van der Waals surface area contributed by atoms with Crippen molar-refractivity contribution >= 4 is 11.6 Å². The average Bonchev–Trinajstić information content (AvgIpc) is 2.22. The van der Waals surface area contributed by atoms with Gasteiger partial charge in [0, 0.05) is 13.1 Å². The number of ether oxygens (including phenoxy) is 1. The van der Waals surface area contributed by atoms with E-state index in [0.717, 1.165) is 12.1 Å². The van der Waals surface area contributed by atoms with Gasteiger partial charge in [-0.1, -0.05) is 17.7 Å². The van der Waals surface area contributed by atoms with Crippen LogP contribution in [0.3, 0.4) is 0 Å². The number of hydrogen-bond donors (Lipinski definition) is 1. The van der Waals surface area contributed by atoms with Crippen molar-refractivity contribution in [3.63, 3.8) is 0 Å². The number of hydrogen-bond acceptors (Lipinski definition) is 2. The molecule has 0 aromatic heterocycles. The lowest BCUT2D eigenvalue weighted by Gasteiger charge is -2.08. The van der Waals surface area contributed by atoms with Gasteiger partial charge in [-0.25, -0.2) is 4.39 Å². The van der Waals surface area contributed by atoms with Gasteiger partial charge in [-0.05, 0) is 31.5 Å². The van der Waals surface area contributed by atoms with Gasteiger partial charge >= 0.3 is 0 Å². The molecule has 0 radical (unpaired) electrons. The van der Waals surface area contributed by atoms with Crippen LogP contribution in [0.1, 0.15) is 19.4 Å². The molecule has 0 bridgehead atoms. The molecule has 0 spiro atoms. The molecule has 0 aliphatic heterocycles. The summed E-state index contributed by atoms with van der Waals surface area (Å²) in [6.07, 6.45) is 0.252. The highest BCUT2D eigenvalue weighted by Crippen LogP contribution is 2.15. The van der Waals surface area contributed by atoms with Gasteiger partial charge in [0.1, 0.15) is 5.82 Å². The Morgan fingerprint density at radius 3 is 2.81 bits per heavy atom. The Hall–Kier alpha value is -0.640. The third kappa shape index (κ3) is 4.92. The minimum absolute atomic E-state index is 0.165. The van der Waals surface area contributed by atoms with Crippen molar-refractivity contribution in [2.75, 3.05) is 13.2 Å². The van der Waals surface area contributed by atoms with Crippen LogP contribution in [-0.2, 0) is 11.3 Å². The average molecular weight is 246 g/mol. The van der Waals surface area contributed by atoms with Crippen molar-refractivity contribution in [2.45, 2.75) is 26.5 Å². The van der Waals surface area contributed by atoms with Gasteiger partial charge < -0.3 is 10.1 Å². The zero-order chi connectivity index (χ0) is 12.0. The molecule has 0 atom stereocenters. The lowest BCUT2D eigenvalue weighted by molar-refractivity contribution is 0.0807. The van der Waals surface area contributed by atoms with E-state index in [4.69, 9.17) is 16.3 Å². The molecular weight excluding hydrogens is 229 g/mol. The van der Waals surface area contributed by atoms with E-state index >= 15 is 0 Å². The molecule has 0 heterocycles. The van der Waals surface area contributed by atoms with Gasteiger partial charge in [-0.15, -0.1) is 0 Å². The second-order valence-electron chi connectivity index (χ2n) is 3.84. The zero-order valence-electron chi connectivity index (χ0n) is 9.59. The standard InChI is InChI=1S/C12H17ClFNO/c1-9(2)16-6-5-15-8-10-3-4-12(14)11(13)7-10/h3-4,7,9,15H,5-6,8H2,1-2H3. The molecule has 0 aliphatic carbocycles. The van der Waals surface area contributed by atoms with Crippen molar-refractivity contribution in [3.05, 3.63) is 34.6 Å². The largest absolute Gasteiger partial charge is 0.377 e. The van der Waals surface area contributed by atoms with E-state index in [9.17, 15) is 4.39 Å². The van der Waals surface area contributed by atoms with Gasteiger partial charge in [0.25, 0.3) is 0 Å². The maximum atomic E-state index is 12.9. The van der Waals surface area contributed by atoms with Gasteiger partial charge in [-0.2, -0.15) is 0 Å². The van der Waals surface area contributed by atoms with Crippen LogP contribution in [-0.4, -0.2) is 19.3 Å². The van der Waals surface area contributed by atoms with Crippen molar-refractivity contribution in [1.82, 2.24) is 5.32 Å². The Labute approximate surface area is 101 Å². The van der Waals surface area contributed by atoms with Crippen LogP contribution in [0.2, 0.25) is 5.02 Å². The molecule has 16 heavy (non-hydrogen) atoms. The van der Waals surface area contributed by atoms with Crippen LogP contribution in [0.4, 0.5) is 4.39 Å². The molecule has 1 aromatic carbocycles. The van der Waals surface area contributed by atoms with Crippen LogP contribution in [0.15, 0.2) is 18.2 Å². The summed E-state index contributed by atoms with van der Waals surface area (Å²) in [5.41, 5.74) is 0.968. The lowest BCUT2D eigenvalue weighted by Crippen LogP contribution is -2.20. The molecule has 4 heteroatoms. The summed E-state index contributed by atoms with van der Waals surface area (Å²) in [6.45, 7) is 6.11. The molecule has 1 N–H and O–H groups in total. The predicted molar refractivity (Wildman–Crippen MR) is 64.2 cm³/mol. The van der Waals surface area contributed by atoms with Crippen molar-refractivity contribution in [1.29, 1.82) is 0 Å². The summed E-state index contributed by atoms with van der Waals surface area (Å²) in [5.74, 6) is -0.381. The number of nitrogens with one attached hydrogen (secondary N) is 1. The van der Waals surface area contributed by atoms with Crippen molar-refractivity contribution in [2.24, 2.45) is 0 Å². The topological polar surface area (TPSA) is 21.3 Å². The first-order chi connectivity index (χ1) is 7.59. The maximum Gasteiger partial charge on any atom is 0.141 e. The number of benzene rings is 1. The fourth-order valence-electron chi connectivity index (χ4n) is 1.25. The third-order valence-electron chi connectivity index (χ3n) is 2.04. The van der Waals surface area contributed by atoms with Crippen LogP contribution in [0, 0.1) is 5.82 Å². The molecule has 2 nitrogen and oxygen atoms in total. The van der Waals surface area contributed by atoms with Gasteiger partial charge in [-0.3, -0.25) is 0 Å². The Kier molecular flexibility index (Phi) is 5.74. The first kappa shape index (κ1) is 13.4. The summed E-state index contributed by atoms with van der Waals surface area (Å²) < 4.78 is 18.2. The Balaban J connectivity index is 2.24. The van der Waals surface area contributed by atoms with Crippen LogP contribution in [0.5, 0.6) is 0 Å². The fraction of sp³-hybridized carbons (Fsp3) is 0.500. The SMILES string of the molecule is CC(C)OCCNCc1ccc(F)c(Cl)c1. The number of halogens is 2.